The van der Waals surface area contributed by atoms with Crippen molar-refractivity contribution in [2.75, 3.05) is 5.32 Å². The van der Waals surface area contributed by atoms with E-state index in [0.717, 1.165) is 0 Å². The second kappa shape index (κ2) is 5.21. The minimum absolute atomic E-state index is 0.0406. The van der Waals surface area contributed by atoms with Gasteiger partial charge in [0.2, 0.25) is 0 Å². The zero-order valence-electron chi connectivity index (χ0n) is 9.78. The minimum atomic E-state index is -4.38. The number of benzene rings is 2. The molecule has 0 aliphatic carbocycles. The van der Waals surface area contributed by atoms with E-state index in [-0.39, 0.29) is 10.6 Å². The van der Waals surface area contributed by atoms with Crippen molar-refractivity contribution in [1.29, 1.82) is 0 Å². The molecule has 2 rings (SSSR count). The lowest BCUT2D eigenvalue weighted by molar-refractivity contribution is 0.102. The topological polar surface area (TPSA) is 83.5 Å². The van der Waals surface area contributed by atoms with Gasteiger partial charge in [-0.2, -0.15) is 8.42 Å². The molecule has 0 fully saturated rings. The Hall–Kier alpha value is -2.18. The maximum absolute atomic E-state index is 11.9. The normalized spacial score (nSPS) is 11.0. The highest BCUT2D eigenvalue weighted by atomic mass is 32.2. The zero-order chi connectivity index (χ0) is 13.9. The number of carbonyl (C=O) groups is 1. The molecule has 6 heteroatoms. The lowest BCUT2D eigenvalue weighted by Crippen LogP contribution is -2.14. The summed E-state index contributed by atoms with van der Waals surface area (Å²) in [5.41, 5.74) is 0.437. The maximum atomic E-state index is 11.9. The number of anilines is 1. The summed E-state index contributed by atoms with van der Waals surface area (Å²) in [7, 11) is -4.38. The summed E-state index contributed by atoms with van der Waals surface area (Å²) in [5.74, 6) is -0.448. The van der Waals surface area contributed by atoms with Crippen LogP contribution in [-0.4, -0.2) is 18.9 Å². The Morgan fingerprint density at radius 1 is 0.947 bits per heavy atom. The van der Waals surface area contributed by atoms with Crippen molar-refractivity contribution >= 4 is 21.7 Å². The Labute approximate surface area is 110 Å². The minimum Gasteiger partial charge on any atom is -0.321 e. The van der Waals surface area contributed by atoms with Crippen LogP contribution in [0.2, 0.25) is 0 Å². The van der Waals surface area contributed by atoms with E-state index in [4.69, 9.17) is 4.55 Å². The zero-order valence-corrected chi connectivity index (χ0v) is 10.6. The summed E-state index contributed by atoms with van der Waals surface area (Å²) >= 11 is 0. The molecule has 0 heterocycles. The third kappa shape index (κ3) is 3.18. The molecule has 19 heavy (non-hydrogen) atoms. The number of nitrogens with one attached hydrogen (secondary N) is 1. The fourth-order valence-electron chi connectivity index (χ4n) is 1.58. The van der Waals surface area contributed by atoms with Crippen LogP contribution in [0.3, 0.4) is 0 Å². The fourth-order valence-corrected chi connectivity index (χ4v) is 2.23. The number of carbonyl (C=O) groups excluding carboxylic acids is 1. The Bertz CT molecular complexity index is 696. The molecular formula is C13H11NO4S. The van der Waals surface area contributed by atoms with Crippen LogP contribution in [0.25, 0.3) is 0 Å². The van der Waals surface area contributed by atoms with Gasteiger partial charge in [-0.1, -0.05) is 30.3 Å². The predicted molar refractivity (Wildman–Crippen MR) is 70.7 cm³/mol. The Balaban J connectivity index is 2.33. The van der Waals surface area contributed by atoms with Gasteiger partial charge in [-0.25, -0.2) is 0 Å². The van der Waals surface area contributed by atoms with Crippen molar-refractivity contribution in [2.24, 2.45) is 0 Å². The number of amides is 1. The van der Waals surface area contributed by atoms with E-state index in [1.807, 2.05) is 0 Å². The second-order valence-corrected chi connectivity index (χ2v) is 5.18. The Kier molecular flexibility index (Phi) is 3.64. The first-order valence-corrected chi connectivity index (χ1v) is 6.85. The van der Waals surface area contributed by atoms with Crippen LogP contribution in [0, 0.1) is 0 Å². The SMILES string of the molecule is O=C(Nc1ccccc1S(=O)(=O)O)c1ccccc1. The van der Waals surface area contributed by atoms with Crippen LogP contribution in [0.15, 0.2) is 59.5 Å². The van der Waals surface area contributed by atoms with E-state index in [1.165, 1.54) is 18.2 Å². The van der Waals surface area contributed by atoms with Gasteiger partial charge in [0.25, 0.3) is 16.0 Å². The molecule has 0 aliphatic heterocycles. The Morgan fingerprint density at radius 2 is 1.53 bits per heavy atom. The van der Waals surface area contributed by atoms with E-state index in [1.54, 1.807) is 36.4 Å². The molecule has 2 aromatic carbocycles. The summed E-state index contributed by atoms with van der Waals surface area (Å²) in [6.07, 6.45) is 0. The predicted octanol–water partition coefficient (Wildman–Crippen LogP) is 2.19. The average Bonchev–Trinajstić information content (AvgIpc) is 2.39. The van der Waals surface area contributed by atoms with E-state index < -0.39 is 16.0 Å². The van der Waals surface area contributed by atoms with E-state index >= 15 is 0 Å². The van der Waals surface area contributed by atoms with Gasteiger partial charge in [-0.05, 0) is 24.3 Å². The van der Waals surface area contributed by atoms with Gasteiger partial charge in [0.15, 0.2) is 0 Å². The van der Waals surface area contributed by atoms with E-state index in [0.29, 0.717) is 5.56 Å². The summed E-state index contributed by atoms with van der Waals surface area (Å²) in [4.78, 5) is 11.6. The summed E-state index contributed by atoms with van der Waals surface area (Å²) in [5, 5.41) is 2.46. The molecule has 1 amide bonds. The monoisotopic (exact) mass is 277 g/mol. The van der Waals surface area contributed by atoms with Crippen LogP contribution in [0.5, 0.6) is 0 Å². The van der Waals surface area contributed by atoms with Crippen LogP contribution in [0.1, 0.15) is 10.4 Å². The van der Waals surface area contributed by atoms with E-state index in [9.17, 15) is 13.2 Å². The van der Waals surface area contributed by atoms with Crippen molar-refractivity contribution in [1.82, 2.24) is 0 Å². The molecule has 2 aromatic rings. The molecule has 0 aliphatic rings. The molecule has 98 valence electrons. The number of para-hydroxylation sites is 1. The van der Waals surface area contributed by atoms with Crippen molar-refractivity contribution in [3.63, 3.8) is 0 Å². The quantitative estimate of drug-likeness (QED) is 0.842. The third-order valence-corrected chi connectivity index (χ3v) is 3.36. The van der Waals surface area contributed by atoms with Crippen LogP contribution in [0.4, 0.5) is 5.69 Å². The molecule has 2 N–H and O–H groups in total. The molecular weight excluding hydrogens is 266 g/mol. The molecule has 0 spiro atoms. The molecule has 0 aromatic heterocycles. The first kappa shape index (κ1) is 13.3. The smallest absolute Gasteiger partial charge is 0.296 e. The number of hydrogen-bond acceptors (Lipinski definition) is 3. The maximum Gasteiger partial charge on any atom is 0.296 e. The highest BCUT2D eigenvalue weighted by molar-refractivity contribution is 7.86. The number of hydrogen-bond donors (Lipinski definition) is 2. The van der Waals surface area contributed by atoms with Crippen LogP contribution in [-0.2, 0) is 10.1 Å². The molecule has 0 bridgehead atoms. The molecule has 0 unspecified atom stereocenters. The van der Waals surface area contributed by atoms with Gasteiger partial charge in [0, 0.05) is 5.56 Å². The standard InChI is InChI=1S/C13H11NO4S/c15-13(10-6-2-1-3-7-10)14-11-8-4-5-9-12(11)19(16,17)18/h1-9H,(H,14,15)(H,16,17,18). The third-order valence-electron chi connectivity index (χ3n) is 2.45. The first-order valence-electron chi connectivity index (χ1n) is 5.41. The van der Waals surface area contributed by atoms with Gasteiger partial charge >= 0.3 is 0 Å². The second-order valence-electron chi connectivity index (χ2n) is 3.79. The van der Waals surface area contributed by atoms with Gasteiger partial charge in [-0.15, -0.1) is 0 Å². The molecule has 0 atom stereocenters. The average molecular weight is 277 g/mol. The van der Waals surface area contributed by atoms with Gasteiger partial charge in [0.05, 0.1) is 5.69 Å². The van der Waals surface area contributed by atoms with Crippen molar-refractivity contribution in [3.05, 3.63) is 60.2 Å². The number of rotatable bonds is 3. The summed E-state index contributed by atoms with van der Waals surface area (Å²) in [6.45, 7) is 0. The van der Waals surface area contributed by atoms with Crippen molar-refractivity contribution in [3.8, 4) is 0 Å². The lowest BCUT2D eigenvalue weighted by atomic mass is 10.2. The van der Waals surface area contributed by atoms with Crippen molar-refractivity contribution < 1.29 is 17.8 Å². The van der Waals surface area contributed by atoms with Crippen molar-refractivity contribution in [2.45, 2.75) is 4.90 Å². The van der Waals surface area contributed by atoms with Gasteiger partial charge < -0.3 is 5.32 Å². The molecule has 5 nitrogen and oxygen atoms in total. The largest absolute Gasteiger partial charge is 0.321 e. The highest BCUT2D eigenvalue weighted by Gasteiger charge is 2.16. The van der Waals surface area contributed by atoms with Gasteiger partial charge in [-0.3, -0.25) is 9.35 Å². The Morgan fingerprint density at radius 3 is 2.16 bits per heavy atom. The van der Waals surface area contributed by atoms with Crippen LogP contribution >= 0.6 is 0 Å². The summed E-state index contributed by atoms with van der Waals surface area (Å²) < 4.78 is 31.4. The first-order chi connectivity index (χ1) is 8.98. The van der Waals surface area contributed by atoms with Gasteiger partial charge in [0.1, 0.15) is 4.90 Å². The highest BCUT2D eigenvalue weighted by Crippen LogP contribution is 2.21. The van der Waals surface area contributed by atoms with E-state index in [2.05, 4.69) is 5.32 Å². The molecule has 0 saturated heterocycles. The summed E-state index contributed by atoms with van der Waals surface area (Å²) in [6, 6.07) is 14.0. The van der Waals surface area contributed by atoms with Crippen LogP contribution < -0.4 is 5.32 Å². The fraction of sp³-hybridized carbons (Fsp3) is 0. The molecule has 0 saturated carbocycles. The molecule has 0 radical (unpaired) electrons. The lowest BCUT2D eigenvalue weighted by Gasteiger charge is -2.08.